The van der Waals surface area contributed by atoms with E-state index < -0.39 is 16.9 Å². The fourth-order valence-electron chi connectivity index (χ4n) is 3.17. The summed E-state index contributed by atoms with van der Waals surface area (Å²) in [5, 5.41) is 11.9. The van der Waals surface area contributed by atoms with Crippen LogP contribution in [0.25, 0.3) is 0 Å². The molecule has 0 radical (unpaired) electrons. The van der Waals surface area contributed by atoms with Gasteiger partial charge in [0.1, 0.15) is 5.75 Å². The van der Waals surface area contributed by atoms with E-state index in [1.54, 1.807) is 13.2 Å². The normalized spacial score (nSPS) is 12.4. The van der Waals surface area contributed by atoms with Crippen LogP contribution in [0.4, 0.5) is 0 Å². The van der Waals surface area contributed by atoms with Crippen LogP contribution in [0.3, 0.4) is 0 Å². The van der Waals surface area contributed by atoms with Crippen LogP contribution >= 0.6 is 0 Å². The third-order valence-corrected chi connectivity index (χ3v) is 7.11. The van der Waals surface area contributed by atoms with E-state index in [9.17, 15) is 9.90 Å². The molecule has 0 heterocycles. The van der Waals surface area contributed by atoms with Gasteiger partial charge in [-0.15, -0.1) is 0 Å². The molecule has 3 rings (SSSR count). The lowest BCUT2D eigenvalue weighted by atomic mass is 9.87. The number of hydrogen-bond acceptors (Lipinski definition) is 3. The number of methoxy groups -OCH3 is 1. The van der Waals surface area contributed by atoms with Crippen molar-refractivity contribution in [2.45, 2.75) is 47.8 Å². The van der Waals surface area contributed by atoms with Crippen molar-refractivity contribution in [3.05, 3.63) is 83.4 Å². The van der Waals surface area contributed by atoms with Crippen molar-refractivity contribution >= 4 is 16.9 Å². The van der Waals surface area contributed by atoms with Crippen LogP contribution in [0.1, 0.15) is 42.3 Å². The molecule has 0 fully saturated rings. The van der Waals surface area contributed by atoms with E-state index in [4.69, 9.17) is 4.74 Å². The Morgan fingerprint density at radius 1 is 0.897 bits per heavy atom. The van der Waals surface area contributed by atoms with Crippen molar-refractivity contribution in [1.29, 1.82) is 0 Å². The number of aromatic carboxylic acids is 1. The molecule has 3 aromatic carbocycles. The molecular weight excluding hydrogens is 380 g/mol. The molecular formula is C25H26O3S. The second kappa shape index (κ2) is 8.34. The first-order chi connectivity index (χ1) is 13.7. The molecule has 0 aromatic heterocycles. The molecule has 0 bridgehead atoms. The first-order valence-corrected chi connectivity index (χ1v) is 10.7. The Morgan fingerprint density at radius 3 is 1.93 bits per heavy atom. The lowest BCUT2D eigenvalue weighted by Gasteiger charge is -2.19. The largest absolute Gasteiger partial charge is 0.545 e. The maximum atomic E-state index is 11.9. The van der Waals surface area contributed by atoms with Gasteiger partial charge in [-0.05, 0) is 66.4 Å². The average Bonchev–Trinajstić information content (AvgIpc) is 2.69. The zero-order valence-electron chi connectivity index (χ0n) is 17.5. The Labute approximate surface area is 175 Å². The van der Waals surface area contributed by atoms with Gasteiger partial charge in [0.05, 0.1) is 29.5 Å². The monoisotopic (exact) mass is 406 g/mol. The molecule has 0 N–H and O–H groups in total. The number of carbonyl (C=O) groups excluding carboxylic acids is 1. The summed E-state index contributed by atoms with van der Waals surface area (Å²) in [6, 6.07) is 21.8. The standard InChI is InChI=1S/C25H26O3S/c1-17-6-15-23(22(16-17)24(26)27)29(21-13-9-19(28-5)10-14-21)20-11-7-18(8-12-20)25(2,3)4/h6-16H,1-5H3. The Hall–Kier alpha value is -2.72. The number of carboxylic acids is 1. The van der Waals surface area contributed by atoms with Gasteiger partial charge in [-0.1, -0.05) is 44.5 Å². The number of ether oxygens (including phenoxy) is 1. The number of carbonyl (C=O) groups is 1. The highest BCUT2D eigenvalue weighted by Gasteiger charge is 2.32. The number of rotatable bonds is 5. The summed E-state index contributed by atoms with van der Waals surface area (Å²) in [6.45, 7) is 8.43. The predicted molar refractivity (Wildman–Crippen MR) is 116 cm³/mol. The van der Waals surface area contributed by atoms with E-state index in [-0.39, 0.29) is 11.0 Å². The number of benzene rings is 3. The van der Waals surface area contributed by atoms with Crippen LogP contribution in [0.15, 0.2) is 81.4 Å². The minimum atomic E-state index is -1.15. The highest BCUT2D eigenvalue weighted by atomic mass is 32.2. The third-order valence-electron chi connectivity index (χ3n) is 4.83. The van der Waals surface area contributed by atoms with Gasteiger partial charge in [-0.3, -0.25) is 0 Å². The van der Waals surface area contributed by atoms with Crippen molar-refractivity contribution in [1.82, 2.24) is 0 Å². The first kappa shape index (κ1) is 21.0. The van der Waals surface area contributed by atoms with Crippen LogP contribution < -0.4 is 9.84 Å². The van der Waals surface area contributed by atoms with Gasteiger partial charge in [-0.2, -0.15) is 0 Å². The van der Waals surface area contributed by atoms with Gasteiger partial charge in [-0.25, -0.2) is 0 Å². The number of carboxylic acid groups (broad SMARTS) is 1. The van der Waals surface area contributed by atoms with Crippen LogP contribution in [0.2, 0.25) is 0 Å². The predicted octanol–water partition coefficient (Wildman–Crippen LogP) is 4.76. The summed E-state index contributed by atoms with van der Waals surface area (Å²) in [7, 11) is 1.06. The summed E-state index contributed by atoms with van der Waals surface area (Å²) in [6.07, 6.45) is 0. The second-order valence-electron chi connectivity index (χ2n) is 8.04. The van der Waals surface area contributed by atoms with Crippen molar-refractivity contribution in [2.75, 3.05) is 7.11 Å². The van der Waals surface area contributed by atoms with Gasteiger partial charge >= 0.3 is 0 Å². The Morgan fingerprint density at radius 2 is 1.45 bits per heavy atom. The highest BCUT2D eigenvalue weighted by molar-refractivity contribution is 7.97. The molecule has 0 amide bonds. The summed E-state index contributed by atoms with van der Waals surface area (Å²) in [4.78, 5) is 14.7. The zero-order chi connectivity index (χ0) is 21.2. The van der Waals surface area contributed by atoms with E-state index >= 15 is 0 Å². The lowest BCUT2D eigenvalue weighted by molar-refractivity contribution is -0.255. The van der Waals surface area contributed by atoms with E-state index in [1.807, 2.05) is 43.3 Å². The minimum Gasteiger partial charge on any atom is -0.545 e. The minimum absolute atomic E-state index is 0.0528. The van der Waals surface area contributed by atoms with E-state index in [0.717, 1.165) is 26.0 Å². The highest BCUT2D eigenvalue weighted by Crippen LogP contribution is 2.35. The molecule has 4 heteroatoms. The van der Waals surface area contributed by atoms with Crippen molar-refractivity contribution in [3.8, 4) is 5.75 Å². The maximum absolute atomic E-state index is 11.9. The summed E-state index contributed by atoms with van der Waals surface area (Å²) >= 11 is 0. The number of aryl methyl sites for hydroxylation is 1. The second-order valence-corrected chi connectivity index (χ2v) is 10.0. The molecule has 0 aliphatic carbocycles. The Bertz CT molecular complexity index is 1000. The smallest absolute Gasteiger partial charge is 0.175 e. The summed E-state index contributed by atoms with van der Waals surface area (Å²) < 4.78 is 5.29. The van der Waals surface area contributed by atoms with Gasteiger partial charge in [0.2, 0.25) is 0 Å². The molecule has 0 spiro atoms. The van der Waals surface area contributed by atoms with Gasteiger partial charge in [0, 0.05) is 0 Å². The topological polar surface area (TPSA) is 49.4 Å². The SMILES string of the molecule is COc1ccc([S+](c2ccc(C(C)(C)C)cc2)c2ccc(C)cc2C(=O)[O-])cc1. The van der Waals surface area contributed by atoms with Crippen LogP contribution in [0.5, 0.6) is 5.75 Å². The van der Waals surface area contributed by atoms with Gasteiger partial charge < -0.3 is 14.6 Å². The third kappa shape index (κ3) is 4.65. The van der Waals surface area contributed by atoms with Crippen molar-refractivity contribution in [2.24, 2.45) is 0 Å². The Kier molecular flexibility index (Phi) is 6.04. The number of hydrogen-bond donors (Lipinski definition) is 0. The molecule has 0 aliphatic heterocycles. The molecule has 1 atom stereocenters. The molecule has 3 aromatic rings. The zero-order valence-corrected chi connectivity index (χ0v) is 18.3. The quantitative estimate of drug-likeness (QED) is 0.574. The summed E-state index contributed by atoms with van der Waals surface area (Å²) in [5.41, 5.74) is 2.43. The lowest BCUT2D eigenvalue weighted by Crippen LogP contribution is -2.25. The van der Waals surface area contributed by atoms with E-state index in [2.05, 4.69) is 45.0 Å². The molecule has 3 nitrogen and oxygen atoms in total. The fraction of sp³-hybridized carbons (Fsp3) is 0.240. The van der Waals surface area contributed by atoms with E-state index in [0.29, 0.717) is 0 Å². The van der Waals surface area contributed by atoms with Crippen LogP contribution in [0, 0.1) is 6.92 Å². The maximum Gasteiger partial charge on any atom is 0.175 e. The average molecular weight is 407 g/mol. The van der Waals surface area contributed by atoms with Crippen molar-refractivity contribution < 1.29 is 14.6 Å². The van der Waals surface area contributed by atoms with E-state index in [1.165, 1.54) is 5.56 Å². The van der Waals surface area contributed by atoms with Gasteiger partial charge in [0.15, 0.2) is 14.7 Å². The molecule has 29 heavy (non-hydrogen) atoms. The summed E-state index contributed by atoms with van der Waals surface area (Å²) in [5.74, 6) is -0.384. The van der Waals surface area contributed by atoms with Crippen molar-refractivity contribution in [3.63, 3.8) is 0 Å². The molecule has 0 saturated carbocycles. The first-order valence-electron chi connectivity index (χ1n) is 9.51. The van der Waals surface area contributed by atoms with Crippen LogP contribution in [-0.4, -0.2) is 13.1 Å². The Balaban J connectivity index is 2.19. The molecule has 150 valence electrons. The molecule has 1 unspecified atom stereocenters. The fourth-order valence-corrected chi connectivity index (χ4v) is 5.34. The van der Waals surface area contributed by atoms with Gasteiger partial charge in [0.25, 0.3) is 0 Å². The van der Waals surface area contributed by atoms with Crippen LogP contribution in [-0.2, 0) is 16.3 Å². The molecule has 0 saturated heterocycles. The molecule has 0 aliphatic rings.